The minimum Gasteiger partial charge on any atom is -0.378 e. The van der Waals surface area contributed by atoms with Crippen molar-refractivity contribution < 1.29 is 4.74 Å². The van der Waals surface area contributed by atoms with E-state index in [1.54, 1.807) is 18.7 Å². The van der Waals surface area contributed by atoms with Crippen molar-refractivity contribution in [3.05, 3.63) is 65.7 Å². The second-order valence-electron chi connectivity index (χ2n) is 7.70. The number of aryl methyl sites for hydroxylation is 2. The first kappa shape index (κ1) is 20.1. The van der Waals surface area contributed by atoms with Gasteiger partial charge in [0.2, 0.25) is 5.95 Å². The van der Waals surface area contributed by atoms with Gasteiger partial charge in [-0.3, -0.25) is 15.0 Å². The first-order valence-electron chi connectivity index (χ1n) is 10.5. The number of rotatable bonds is 5. The van der Waals surface area contributed by atoms with E-state index in [9.17, 15) is 0 Å². The van der Waals surface area contributed by atoms with Crippen LogP contribution in [0.5, 0.6) is 0 Å². The zero-order valence-corrected chi connectivity index (χ0v) is 18.1. The second-order valence-corrected chi connectivity index (χ2v) is 7.70. The molecular weight excluding hydrogens is 404 g/mol. The van der Waals surface area contributed by atoms with Gasteiger partial charge in [0.15, 0.2) is 17.0 Å². The van der Waals surface area contributed by atoms with E-state index in [0.29, 0.717) is 36.1 Å². The number of benzene rings is 1. The highest BCUT2D eigenvalue weighted by atomic mass is 16.5. The number of morpholine rings is 1. The summed E-state index contributed by atoms with van der Waals surface area (Å²) in [6, 6.07) is 12.1. The third-order valence-corrected chi connectivity index (χ3v) is 5.26. The van der Waals surface area contributed by atoms with Gasteiger partial charge in [0.25, 0.3) is 0 Å². The molecule has 3 aromatic heterocycles. The molecule has 32 heavy (non-hydrogen) atoms. The standard InChI is InChI=1S/C23H24N8O/c1-16-4-3-5-18(12-16)14-26-29-21-20-22(28-23(27-21)30-8-10-32-11-9-30)31(15-25-20)19-6-7-24-17(2)13-19/h3-7,12-15H,8-11H2,1-2H3,(H,27,28,29)/b26-14+. The Morgan fingerprint density at radius 3 is 2.75 bits per heavy atom. The lowest BCUT2D eigenvalue weighted by molar-refractivity contribution is 0.122. The molecule has 1 aromatic carbocycles. The van der Waals surface area contributed by atoms with E-state index >= 15 is 0 Å². The van der Waals surface area contributed by atoms with Gasteiger partial charge in [0.05, 0.1) is 25.1 Å². The van der Waals surface area contributed by atoms with Gasteiger partial charge in [-0.05, 0) is 31.5 Å². The zero-order chi connectivity index (χ0) is 21.9. The van der Waals surface area contributed by atoms with E-state index in [4.69, 9.17) is 14.7 Å². The van der Waals surface area contributed by atoms with Crippen LogP contribution in [-0.4, -0.2) is 57.0 Å². The van der Waals surface area contributed by atoms with E-state index < -0.39 is 0 Å². The molecule has 1 aliphatic rings. The van der Waals surface area contributed by atoms with Crippen LogP contribution in [0, 0.1) is 13.8 Å². The van der Waals surface area contributed by atoms with Gasteiger partial charge in [0.1, 0.15) is 6.33 Å². The predicted octanol–water partition coefficient (Wildman–Crippen LogP) is 3.11. The number of nitrogens with zero attached hydrogens (tertiary/aromatic N) is 7. The van der Waals surface area contributed by atoms with Crippen LogP contribution in [-0.2, 0) is 4.74 Å². The lowest BCUT2D eigenvalue weighted by Gasteiger charge is -2.27. The summed E-state index contributed by atoms with van der Waals surface area (Å²) in [6.07, 6.45) is 5.32. The summed E-state index contributed by atoms with van der Waals surface area (Å²) in [4.78, 5) is 20.6. The monoisotopic (exact) mass is 428 g/mol. The Kier molecular flexibility index (Phi) is 5.47. The van der Waals surface area contributed by atoms with Crippen LogP contribution < -0.4 is 10.3 Å². The van der Waals surface area contributed by atoms with Gasteiger partial charge in [-0.2, -0.15) is 15.1 Å². The third kappa shape index (κ3) is 4.15. The van der Waals surface area contributed by atoms with Crippen LogP contribution in [0.25, 0.3) is 16.9 Å². The zero-order valence-electron chi connectivity index (χ0n) is 18.1. The highest BCUT2D eigenvalue weighted by Gasteiger charge is 2.19. The lowest BCUT2D eigenvalue weighted by Crippen LogP contribution is -2.37. The number of ether oxygens (including phenoxy) is 1. The molecule has 9 nitrogen and oxygen atoms in total. The number of hydrazone groups is 1. The van der Waals surface area contributed by atoms with Crippen molar-refractivity contribution >= 4 is 29.1 Å². The Labute approximate surface area is 185 Å². The topological polar surface area (TPSA) is 93.4 Å². The van der Waals surface area contributed by atoms with Gasteiger partial charge < -0.3 is 9.64 Å². The SMILES string of the molecule is Cc1cccc(/C=N/Nc2nc(N3CCOCC3)nc3c2ncn3-c2ccnc(C)c2)c1. The number of nitrogens with one attached hydrogen (secondary N) is 1. The average molecular weight is 429 g/mol. The molecule has 162 valence electrons. The molecule has 0 saturated carbocycles. The number of hydrogen-bond acceptors (Lipinski definition) is 8. The predicted molar refractivity (Wildman–Crippen MR) is 125 cm³/mol. The minimum absolute atomic E-state index is 0.560. The van der Waals surface area contributed by atoms with Crippen LogP contribution in [0.4, 0.5) is 11.8 Å². The normalized spacial score (nSPS) is 14.4. The molecule has 4 aromatic rings. The van der Waals surface area contributed by atoms with Gasteiger partial charge in [-0.1, -0.05) is 29.8 Å². The molecule has 0 aliphatic carbocycles. The number of aromatic nitrogens is 5. The first-order valence-corrected chi connectivity index (χ1v) is 10.5. The Hall–Kier alpha value is -3.85. The van der Waals surface area contributed by atoms with E-state index in [1.165, 1.54) is 5.56 Å². The maximum absolute atomic E-state index is 5.49. The highest BCUT2D eigenvalue weighted by Crippen LogP contribution is 2.25. The number of hydrogen-bond donors (Lipinski definition) is 1. The van der Waals surface area contributed by atoms with Gasteiger partial charge >= 0.3 is 0 Å². The smallest absolute Gasteiger partial charge is 0.229 e. The van der Waals surface area contributed by atoms with E-state index in [0.717, 1.165) is 30.0 Å². The van der Waals surface area contributed by atoms with Crippen molar-refractivity contribution in [1.82, 2.24) is 24.5 Å². The Bertz CT molecular complexity index is 1280. The number of imidazole rings is 1. The summed E-state index contributed by atoms with van der Waals surface area (Å²) in [5.74, 6) is 1.19. The minimum atomic E-state index is 0.560. The van der Waals surface area contributed by atoms with Crippen molar-refractivity contribution in [2.24, 2.45) is 5.10 Å². The molecule has 1 aliphatic heterocycles. The molecule has 0 radical (unpaired) electrons. The molecule has 4 heterocycles. The van der Waals surface area contributed by atoms with Crippen molar-refractivity contribution in [2.45, 2.75) is 13.8 Å². The molecule has 5 rings (SSSR count). The molecule has 0 amide bonds. The molecule has 1 N–H and O–H groups in total. The van der Waals surface area contributed by atoms with Crippen molar-refractivity contribution in [2.75, 3.05) is 36.6 Å². The van der Waals surface area contributed by atoms with Crippen molar-refractivity contribution in [1.29, 1.82) is 0 Å². The molecule has 1 saturated heterocycles. The van der Waals surface area contributed by atoms with Gasteiger partial charge in [-0.25, -0.2) is 4.98 Å². The highest BCUT2D eigenvalue weighted by molar-refractivity contribution is 5.87. The Balaban J connectivity index is 1.55. The fraction of sp³-hybridized carbons (Fsp3) is 0.261. The summed E-state index contributed by atoms with van der Waals surface area (Å²) in [7, 11) is 0. The summed E-state index contributed by atoms with van der Waals surface area (Å²) in [5, 5.41) is 4.42. The van der Waals surface area contributed by atoms with Gasteiger partial charge in [-0.15, -0.1) is 0 Å². The molecule has 1 fully saturated rings. The fourth-order valence-electron chi connectivity index (χ4n) is 3.66. The first-order chi connectivity index (χ1) is 15.7. The van der Waals surface area contributed by atoms with E-state index in [1.807, 2.05) is 35.8 Å². The van der Waals surface area contributed by atoms with E-state index in [-0.39, 0.29) is 0 Å². The van der Waals surface area contributed by atoms with Crippen LogP contribution in [0.2, 0.25) is 0 Å². The van der Waals surface area contributed by atoms with Crippen LogP contribution in [0.3, 0.4) is 0 Å². The molecule has 0 bridgehead atoms. The quantitative estimate of drug-likeness (QED) is 0.386. The van der Waals surface area contributed by atoms with Crippen LogP contribution in [0.15, 0.2) is 54.0 Å². The molecule has 0 atom stereocenters. The lowest BCUT2D eigenvalue weighted by atomic mass is 10.2. The number of pyridine rings is 1. The molecular formula is C23H24N8O. The third-order valence-electron chi connectivity index (χ3n) is 5.26. The number of fused-ring (bicyclic) bond motifs is 1. The average Bonchev–Trinajstić information content (AvgIpc) is 3.24. The summed E-state index contributed by atoms with van der Waals surface area (Å²) in [5.41, 5.74) is 8.50. The molecule has 9 heteroatoms. The summed E-state index contributed by atoms with van der Waals surface area (Å²) < 4.78 is 7.44. The van der Waals surface area contributed by atoms with Crippen LogP contribution in [0.1, 0.15) is 16.8 Å². The fourth-order valence-corrected chi connectivity index (χ4v) is 3.66. The summed E-state index contributed by atoms with van der Waals surface area (Å²) in [6.45, 7) is 6.79. The molecule has 0 spiro atoms. The number of anilines is 2. The van der Waals surface area contributed by atoms with Crippen LogP contribution >= 0.6 is 0 Å². The maximum atomic E-state index is 5.49. The Morgan fingerprint density at radius 1 is 1.06 bits per heavy atom. The molecule has 0 unspecified atom stereocenters. The van der Waals surface area contributed by atoms with Crippen molar-refractivity contribution in [3.8, 4) is 5.69 Å². The van der Waals surface area contributed by atoms with Crippen molar-refractivity contribution in [3.63, 3.8) is 0 Å². The van der Waals surface area contributed by atoms with E-state index in [2.05, 4.69) is 44.5 Å². The maximum Gasteiger partial charge on any atom is 0.229 e. The second kappa shape index (κ2) is 8.72. The summed E-state index contributed by atoms with van der Waals surface area (Å²) >= 11 is 0. The largest absolute Gasteiger partial charge is 0.378 e. The van der Waals surface area contributed by atoms with Gasteiger partial charge in [0, 0.05) is 25.0 Å². The Morgan fingerprint density at radius 2 is 1.94 bits per heavy atom.